The van der Waals surface area contributed by atoms with Crippen LogP contribution >= 0.6 is 0 Å². The monoisotopic (exact) mass is 484 g/mol. The van der Waals surface area contributed by atoms with E-state index >= 15 is 0 Å². The van der Waals surface area contributed by atoms with E-state index in [2.05, 4.69) is 39.9 Å². The molecule has 1 amide bonds. The molecule has 0 unspecified atom stereocenters. The van der Waals surface area contributed by atoms with Gasteiger partial charge in [-0.1, -0.05) is 61.5 Å². The van der Waals surface area contributed by atoms with Gasteiger partial charge in [-0.15, -0.1) is 0 Å². The summed E-state index contributed by atoms with van der Waals surface area (Å²) in [7, 11) is 0. The summed E-state index contributed by atoms with van der Waals surface area (Å²) in [6, 6.07) is 25.3. The van der Waals surface area contributed by atoms with E-state index in [4.69, 9.17) is 4.98 Å². The summed E-state index contributed by atoms with van der Waals surface area (Å²) in [5, 5.41) is 3.30. The molecule has 1 saturated heterocycles. The molecule has 5 rings (SSSR count). The van der Waals surface area contributed by atoms with Gasteiger partial charge in [0, 0.05) is 25.0 Å². The summed E-state index contributed by atoms with van der Waals surface area (Å²) in [4.78, 5) is 20.3. The molecule has 1 N–H and O–H groups in total. The fourth-order valence-electron chi connectivity index (χ4n) is 5.09. The van der Waals surface area contributed by atoms with Crippen LogP contribution in [0.1, 0.15) is 37.3 Å². The van der Waals surface area contributed by atoms with Crippen molar-refractivity contribution in [3.05, 3.63) is 95.8 Å². The Balaban J connectivity index is 1.26. The Morgan fingerprint density at radius 1 is 0.972 bits per heavy atom. The number of amides is 1. The Hall–Kier alpha value is -3.67. The average molecular weight is 485 g/mol. The minimum Gasteiger partial charge on any atom is -0.353 e. The molecule has 2 heterocycles. The summed E-state index contributed by atoms with van der Waals surface area (Å²) in [6.45, 7) is 4.30. The molecule has 0 radical (unpaired) electrons. The number of piperidine rings is 1. The number of aromatic nitrogens is 2. The molecule has 1 aromatic heterocycles. The summed E-state index contributed by atoms with van der Waals surface area (Å²) < 4.78 is 15.6. The SMILES string of the molecule is CC[C@H](Cc1ccccc1)NC(=O)C1CCN(c2nc3ccccc3n2Cc2ccc(F)cc2)CC1. The Bertz CT molecular complexity index is 1290. The van der Waals surface area contributed by atoms with Gasteiger partial charge in [-0.3, -0.25) is 4.79 Å². The second-order valence-electron chi connectivity index (χ2n) is 9.68. The zero-order valence-electron chi connectivity index (χ0n) is 20.7. The molecule has 4 aromatic rings. The number of hydrogen-bond acceptors (Lipinski definition) is 3. The quantitative estimate of drug-likeness (QED) is 0.355. The highest BCUT2D eigenvalue weighted by atomic mass is 19.1. The molecule has 0 spiro atoms. The van der Waals surface area contributed by atoms with Crippen LogP contribution in [-0.2, 0) is 17.8 Å². The lowest BCUT2D eigenvalue weighted by molar-refractivity contribution is -0.126. The lowest BCUT2D eigenvalue weighted by Crippen LogP contribution is -2.45. The highest BCUT2D eigenvalue weighted by Crippen LogP contribution is 2.28. The normalized spacial score (nSPS) is 15.2. The fraction of sp³-hybridized carbons (Fsp3) is 0.333. The van der Waals surface area contributed by atoms with Crippen LogP contribution in [-0.4, -0.2) is 34.6 Å². The number of halogens is 1. The molecule has 5 nitrogen and oxygen atoms in total. The first-order valence-electron chi connectivity index (χ1n) is 12.9. The van der Waals surface area contributed by atoms with E-state index in [9.17, 15) is 9.18 Å². The first-order chi connectivity index (χ1) is 17.6. The smallest absolute Gasteiger partial charge is 0.223 e. The van der Waals surface area contributed by atoms with Gasteiger partial charge in [-0.05, 0) is 61.1 Å². The fourth-order valence-corrected chi connectivity index (χ4v) is 5.09. The third-order valence-corrected chi connectivity index (χ3v) is 7.20. The summed E-state index contributed by atoms with van der Waals surface area (Å²) >= 11 is 0. The van der Waals surface area contributed by atoms with Crippen LogP contribution in [0.4, 0.5) is 10.3 Å². The highest BCUT2D eigenvalue weighted by molar-refractivity contribution is 5.80. The van der Waals surface area contributed by atoms with E-state index in [1.807, 2.05) is 48.5 Å². The topological polar surface area (TPSA) is 50.2 Å². The van der Waals surface area contributed by atoms with Gasteiger partial charge in [0.05, 0.1) is 17.6 Å². The molecule has 0 aliphatic carbocycles. The molecule has 36 heavy (non-hydrogen) atoms. The molecule has 0 saturated carbocycles. The minimum atomic E-state index is -0.233. The Morgan fingerprint density at radius 3 is 2.39 bits per heavy atom. The molecule has 186 valence electrons. The summed E-state index contributed by atoms with van der Waals surface area (Å²) in [5.74, 6) is 0.858. The maximum Gasteiger partial charge on any atom is 0.223 e. The predicted molar refractivity (Wildman–Crippen MR) is 143 cm³/mol. The maximum absolute atomic E-state index is 13.4. The maximum atomic E-state index is 13.4. The molecule has 1 atom stereocenters. The molecule has 0 bridgehead atoms. The lowest BCUT2D eigenvalue weighted by Gasteiger charge is -2.33. The van der Waals surface area contributed by atoms with Gasteiger partial charge >= 0.3 is 0 Å². The van der Waals surface area contributed by atoms with Gasteiger partial charge in [0.15, 0.2) is 0 Å². The number of rotatable bonds is 8. The molecule has 1 aliphatic heterocycles. The highest BCUT2D eigenvalue weighted by Gasteiger charge is 2.28. The number of carbonyl (C=O) groups excluding carboxylic acids is 1. The minimum absolute atomic E-state index is 0.0148. The summed E-state index contributed by atoms with van der Waals surface area (Å²) in [5.41, 5.74) is 4.28. The number of hydrogen-bond donors (Lipinski definition) is 1. The van der Waals surface area contributed by atoms with Crippen LogP contribution in [0.2, 0.25) is 0 Å². The molecule has 1 fully saturated rings. The Labute approximate surface area is 212 Å². The third-order valence-electron chi connectivity index (χ3n) is 7.20. The van der Waals surface area contributed by atoms with Crippen molar-refractivity contribution in [2.24, 2.45) is 5.92 Å². The first-order valence-corrected chi connectivity index (χ1v) is 12.9. The number of carbonyl (C=O) groups is 1. The van der Waals surface area contributed by atoms with E-state index < -0.39 is 0 Å². The number of imidazole rings is 1. The van der Waals surface area contributed by atoms with Crippen molar-refractivity contribution >= 4 is 22.9 Å². The van der Waals surface area contributed by atoms with Crippen molar-refractivity contribution < 1.29 is 9.18 Å². The standard InChI is InChI=1S/C30H33FN4O/c1-2-26(20-22-8-4-3-5-9-22)32-29(36)24-16-18-34(19-17-24)30-33-27-10-6-7-11-28(27)35(30)21-23-12-14-25(31)15-13-23/h3-15,24,26H,2,16-21H2,1H3,(H,32,36)/t26-/m1/s1. The van der Waals surface area contributed by atoms with E-state index in [1.165, 1.54) is 17.7 Å². The van der Waals surface area contributed by atoms with Crippen LogP contribution in [0.15, 0.2) is 78.9 Å². The van der Waals surface area contributed by atoms with E-state index in [0.29, 0.717) is 6.54 Å². The zero-order chi connectivity index (χ0) is 24.9. The second-order valence-corrected chi connectivity index (χ2v) is 9.68. The van der Waals surface area contributed by atoms with Crippen molar-refractivity contribution in [3.8, 4) is 0 Å². The Morgan fingerprint density at radius 2 is 1.67 bits per heavy atom. The van der Waals surface area contributed by atoms with Gasteiger partial charge in [-0.2, -0.15) is 0 Å². The van der Waals surface area contributed by atoms with Crippen molar-refractivity contribution in [1.29, 1.82) is 0 Å². The lowest BCUT2D eigenvalue weighted by atomic mass is 9.95. The van der Waals surface area contributed by atoms with E-state index in [0.717, 1.165) is 61.3 Å². The number of fused-ring (bicyclic) bond motifs is 1. The first kappa shape index (κ1) is 24.0. The van der Waals surface area contributed by atoms with Crippen molar-refractivity contribution in [1.82, 2.24) is 14.9 Å². The van der Waals surface area contributed by atoms with Gasteiger partial charge in [0.1, 0.15) is 5.82 Å². The number of benzene rings is 3. The van der Waals surface area contributed by atoms with E-state index in [1.54, 1.807) is 0 Å². The van der Waals surface area contributed by atoms with Gasteiger partial charge in [0.25, 0.3) is 0 Å². The predicted octanol–water partition coefficient (Wildman–Crippen LogP) is 5.58. The van der Waals surface area contributed by atoms with Gasteiger partial charge < -0.3 is 14.8 Å². The van der Waals surface area contributed by atoms with E-state index in [-0.39, 0.29) is 23.7 Å². The van der Waals surface area contributed by atoms with Crippen molar-refractivity contribution in [2.45, 2.75) is 45.2 Å². The number of nitrogens with zero attached hydrogens (tertiary/aromatic N) is 3. The molecular weight excluding hydrogens is 451 g/mol. The molecule has 1 aliphatic rings. The van der Waals surface area contributed by atoms with Crippen LogP contribution in [0.3, 0.4) is 0 Å². The molecule has 6 heteroatoms. The largest absolute Gasteiger partial charge is 0.353 e. The van der Waals surface area contributed by atoms with Crippen LogP contribution in [0, 0.1) is 11.7 Å². The van der Waals surface area contributed by atoms with Crippen molar-refractivity contribution in [3.63, 3.8) is 0 Å². The molecule has 3 aromatic carbocycles. The van der Waals surface area contributed by atoms with Gasteiger partial charge in [0.2, 0.25) is 11.9 Å². The second kappa shape index (κ2) is 10.9. The van der Waals surface area contributed by atoms with Gasteiger partial charge in [-0.25, -0.2) is 9.37 Å². The van der Waals surface area contributed by atoms with Crippen molar-refractivity contribution in [2.75, 3.05) is 18.0 Å². The third kappa shape index (κ3) is 5.43. The van der Waals surface area contributed by atoms with Crippen LogP contribution in [0.25, 0.3) is 11.0 Å². The number of para-hydroxylation sites is 2. The number of nitrogens with one attached hydrogen (secondary N) is 1. The Kier molecular flexibility index (Phi) is 7.31. The molecular formula is C30H33FN4O. The zero-order valence-corrected chi connectivity index (χ0v) is 20.7. The van der Waals surface area contributed by atoms with Crippen LogP contribution in [0.5, 0.6) is 0 Å². The summed E-state index contributed by atoms with van der Waals surface area (Å²) in [6.07, 6.45) is 3.36. The number of anilines is 1. The van der Waals surface area contributed by atoms with Crippen LogP contribution < -0.4 is 10.2 Å². The average Bonchev–Trinajstić information content (AvgIpc) is 3.28.